The summed E-state index contributed by atoms with van der Waals surface area (Å²) in [6.07, 6.45) is 0. The lowest BCUT2D eigenvalue weighted by Gasteiger charge is -2.22. The van der Waals surface area contributed by atoms with Crippen molar-refractivity contribution in [1.29, 1.82) is 0 Å². The summed E-state index contributed by atoms with van der Waals surface area (Å²) in [6, 6.07) is 17.1. The third-order valence-corrected chi connectivity index (χ3v) is 9.74. The minimum absolute atomic E-state index is 0.00872. The monoisotopic (exact) mass is 647 g/mol. The van der Waals surface area contributed by atoms with Crippen LogP contribution in [0.3, 0.4) is 0 Å². The van der Waals surface area contributed by atoms with Gasteiger partial charge in [-0.1, -0.05) is 62.9 Å². The minimum atomic E-state index is -4.06. The van der Waals surface area contributed by atoms with Crippen LogP contribution in [0.4, 0.5) is 0 Å². The molecule has 0 unspecified atom stereocenters. The average Bonchev–Trinajstić information content (AvgIpc) is 2.84. The molecule has 198 valence electrons. The second kappa shape index (κ2) is 12.7. The summed E-state index contributed by atoms with van der Waals surface area (Å²) < 4.78 is 55.6. The fourth-order valence-corrected chi connectivity index (χ4v) is 6.23. The minimum Gasteiger partial charge on any atom is -0.354 e. The number of hydrogen-bond donors (Lipinski definition) is 2. The van der Waals surface area contributed by atoms with Crippen LogP contribution < -0.4 is 10.0 Å². The molecule has 0 aliphatic rings. The molecule has 2 N–H and O–H groups in total. The Morgan fingerprint density at radius 1 is 0.865 bits per heavy atom. The summed E-state index contributed by atoms with van der Waals surface area (Å²) in [5.74, 6) is -0.602. The van der Waals surface area contributed by atoms with Crippen molar-refractivity contribution in [2.24, 2.45) is 0 Å². The van der Waals surface area contributed by atoms with Crippen molar-refractivity contribution in [1.82, 2.24) is 14.3 Å². The van der Waals surface area contributed by atoms with E-state index in [4.69, 9.17) is 23.2 Å². The van der Waals surface area contributed by atoms with Gasteiger partial charge in [-0.05, 0) is 61.0 Å². The molecule has 0 bridgehead atoms. The maximum absolute atomic E-state index is 13.4. The van der Waals surface area contributed by atoms with Crippen molar-refractivity contribution in [2.45, 2.75) is 23.3 Å². The quantitative estimate of drug-likeness (QED) is 0.300. The number of benzene rings is 3. The predicted molar refractivity (Wildman–Crippen MR) is 148 cm³/mol. The lowest BCUT2D eigenvalue weighted by Crippen LogP contribution is -2.42. The van der Waals surface area contributed by atoms with Crippen LogP contribution >= 0.6 is 39.1 Å². The van der Waals surface area contributed by atoms with Crippen molar-refractivity contribution < 1.29 is 21.6 Å². The molecule has 0 atom stereocenters. The van der Waals surface area contributed by atoms with Crippen molar-refractivity contribution in [2.75, 3.05) is 19.6 Å². The molecule has 0 aromatic heterocycles. The highest BCUT2D eigenvalue weighted by molar-refractivity contribution is 9.10. The van der Waals surface area contributed by atoms with Crippen LogP contribution in [0.1, 0.15) is 11.1 Å². The molecule has 0 radical (unpaired) electrons. The SMILES string of the molecule is Cc1ccc(S(=O)(=O)NCCNC(=O)CN(Cc2ccc(Cl)c(Cl)c2)S(=O)(=O)c2ccc(Br)cc2)cc1. The number of carbonyl (C=O) groups is 1. The molecule has 8 nitrogen and oxygen atoms in total. The normalized spacial score (nSPS) is 12.0. The highest BCUT2D eigenvalue weighted by Crippen LogP contribution is 2.25. The van der Waals surface area contributed by atoms with E-state index in [0.717, 1.165) is 9.87 Å². The van der Waals surface area contributed by atoms with Crippen LogP contribution in [0.25, 0.3) is 0 Å². The summed E-state index contributed by atoms with van der Waals surface area (Å²) in [5, 5.41) is 3.13. The van der Waals surface area contributed by atoms with Gasteiger partial charge in [0.25, 0.3) is 0 Å². The maximum atomic E-state index is 13.4. The Balaban J connectivity index is 1.68. The third kappa shape index (κ3) is 8.25. The molecule has 0 heterocycles. The number of nitrogens with one attached hydrogen (secondary N) is 2. The van der Waals surface area contributed by atoms with Crippen molar-refractivity contribution >= 4 is 65.1 Å². The van der Waals surface area contributed by atoms with Gasteiger partial charge in [0.2, 0.25) is 26.0 Å². The molecule has 0 aliphatic carbocycles. The summed E-state index contributed by atoms with van der Waals surface area (Å²) >= 11 is 15.3. The zero-order valence-corrected chi connectivity index (χ0v) is 24.3. The van der Waals surface area contributed by atoms with Gasteiger partial charge in [-0.3, -0.25) is 4.79 Å². The second-order valence-electron chi connectivity index (χ2n) is 8.04. The highest BCUT2D eigenvalue weighted by atomic mass is 79.9. The fourth-order valence-electron chi connectivity index (χ4n) is 3.23. The van der Waals surface area contributed by atoms with Crippen LogP contribution in [0, 0.1) is 6.92 Å². The Morgan fingerprint density at radius 2 is 1.49 bits per heavy atom. The van der Waals surface area contributed by atoms with E-state index in [1.165, 1.54) is 30.3 Å². The molecule has 13 heteroatoms. The Hall–Kier alpha value is -1.99. The van der Waals surface area contributed by atoms with Gasteiger partial charge in [-0.2, -0.15) is 4.31 Å². The van der Waals surface area contributed by atoms with Crippen LogP contribution in [0.5, 0.6) is 0 Å². The number of rotatable bonds is 11. The Labute approximate surface area is 235 Å². The molecular weight excluding hydrogens is 625 g/mol. The maximum Gasteiger partial charge on any atom is 0.243 e. The number of carbonyl (C=O) groups excluding carboxylic acids is 1. The number of nitrogens with zero attached hydrogens (tertiary/aromatic N) is 1. The van der Waals surface area contributed by atoms with E-state index in [1.54, 1.807) is 36.4 Å². The van der Waals surface area contributed by atoms with Crippen molar-refractivity contribution in [3.05, 3.63) is 92.4 Å². The molecule has 0 fully saturated rings. The molecule has 0 aliphatic heterocycles. The Morgan fingerprint density at radius 3 is 2.11 bits per heavy atom. The van der Waals surface area contributed by atoms with Crippen molar-refractivity contribution in [3.63, 3.8) is 0 Å². The zero-order chi connectivity index (χ0) is 27.2. The van der Waals surface area contributed by atoms with Crippen molar-refractivity contribution in [3.8, 4) is 0 Å². The molecule has 0 saturated heterocycles. The number of sulfonamides is 2. The van der Waals surface area contributed by atoms with Gasteiger partial charge in [-0.25, -0.2) is 21.6 Å². The van der Waals surface area contributed by atoms with Crippen LogP contribution in [0.15, 0.2) is 81.0 Å². The molecule has 3 aromatic carbocycles. The molecule has 0 spiro atoms. The first-order valence-electron chi connectivity index (χ1n) is 10.9. The second-order valence-corrected chi connectivity index (χ2v) is 13.5. The van der Waals surface area contributed by atoms with Gasteiger partial charge in [0, 0.05) is 24.1 Å². The smallest absolute Gasteiger partial charge is 0.243 e. The van der Waals surface area contributed by atoms with E-state index in [1.807, 2.05) is 6.92 Å². The summed E-state index contributed by atoms with van der Waals surface area (Å²) in [5.41, 5.74) is 1.46. The first-order valence-corrected chi connectivity index (χ1v) is 15.4. The van der Waals surface area contributed by atoms with Gasteiger partial charge in [0.15, 0.2) is 0 Å². The Bertz CT molecular complexity index is 1470. The van der Waals surface area contributed by atoms with Gasteiger partial charge in [-0.15, -0.1) is 0 Å². The summed E-state index contributed by atoms with van der Waals surface area (Å²) in [6.45, 7) is 1.10. The van der Waals surface area contributed by atoms with E-state index >= 15 is 0 Å². The van der Waals surface area contributed by atoms with E-state index in [-0.39, 0.29) is 34.4 Å². The van der Waals surface area contributed by atoms with E-state index < -0.39 is 32.5 Å². The fraction of sp³-hybridized carbons (Fsp3) is 0.208. The van der Waals surface area contributed by atoms with Crippen LogP contribution in [-0.4, -0.2) is 46.7 Å². The molecular formula is C24H24BrCl2N3O5S2. The third-order valence-electron chi connectivity index (χ3n) is 5.18. The molecule has 3 rings (SSSR count). The number of halogens is 3. The molecule has 37 heavy (non-hydrogen) atoms. The lowest BCUT2D eigenvalue weighted by molar-refractivity contribution is -0.121. The number of aryl methyl sites for hydroxylation is 1. The van der Waals surface area contributed by atoms with Gasteiger partial charge < -0.3 is 5.32 Å². The standard InChI is InChI=1S/C24H24BrCl2N3O5S2/c1-17-2-7-20(8-3-17)36(32,33)29-13-12-28-24(31)16-30(15-18-4-11-22(26)23(27)14-18)37(34,35)21-9-5-19(25)6-10-21/h2-11,14,29H,12-13,15-16H2,1H3,(H,28,31). The Kier molecular flexibility index (Phi) is 10.2. The number of hydrogen-bond acceptors (Lipinski definition) is 5. The van der Waals surface area contributed by atoms with E-state index in [9.17, 15) is 21.6 Å². The zero-order valence-electron chi connectivity index (χ0n) is 19.6. The highest BCUT2D eigenvalue weighted by Gasteiger charge is 2.27. The van der Waals surface area contributed by atoms with Crippen LogP contribution in [-0.2, 0) is 31.4 Å². The lowest BCUT2D eigenvalue weighted by atomic mass is 10.2. The topological polar surface area (TPSA) is 113 Å². The molecule has 3 aromatic rings. The van der Waals surface area contributed by atoms with E-state index in [0.29, 0.717) is 15.1 Å². The van der Waals surface area contributed by atoms with Crippen LogP contribution in [0.2, 0.25) is 10.0 Å². The van der Waals surface area contributed by atoms with Gasteiger partial charge in [0.05, 0.1) is 26.4 Å². The van der Waals surface area contributed by atoms with Gasteiger partial charge in [0.1, 0.15) is 0 Å². The predicted octanol–water partition coefficient (Wildman–Crippen LogP) is 4.35. The largest absolute Gasteiger partial charge is 0.354 e. The van der Waals surface area contributed by atoms with E-state index in [2.05, 4.69) is 26.0 Å². The summed E-state index contributed by atoms with van der Waals surface area (Å²) in [7, 11) is -7.81. The number of amides is 1. The molecule has 1 amide bonds. The first kappa shape index (κ1) is 29.6. The molecule has 0 saturated carbocycles. The van der Waals surface area contributed by atoms with Gasteiger partial charge >= 0.3 is 0 Å². The summed E-state index contributed by atoms with van der Waals surface area (Å²) in [4.78, 5) is 12.8. The average molecular weight is 649 g/mol. The first-order chi connectivity index (χ1) is 17.4.